The van der Waals surface area contributed by atoms with Crippen molar-refractivity contribution in [2.45, 2.75) is 17.7 Å². The number of nitrogens with one attached hydrogen (secondary N) is 1. The molecule has 3 aromatic carbocycles. The average Bonchev–Trinajstić information content (AvgIpc) is 3.13. The van der Waals surface area contributed by atoms with Crippen LogP contribution in [0.1, 0.15) is 11.4 Å². The SMILES string of the molecule is COc1ccc(S(=O)(=O)Nc2ccccc2CCc2nc3ccccc3n2C)cc1OC. The Hall–Kier alpha value is -3.52. The largest absolute Gasteiger partial charge is 0.493 e. The molecule has 1 aromatic heterocycles. The molecule has 0 radical (unpaired) electrons. The predicted octanol–water partition coefficient (Wildman–Crippen LogP) is 4.18. The summed E-state index contributed by atoms with van der Waals surface area (Å²) in [7, 11) is 1.16. The normalized spacial score (nSPS) is 11.5. The van der Waals surface area contributed by atoms with Crippen molar-refractivity contribution in [3.05, 3.63) is 78.1 Å². The third-order valence-corrected chi connectivity index (χ3v) is 6.79. The van der Waals surface area contributed by atoms with Gasteiger partial charge in [0, 0.05) is 19.5 Å². The summed E-state index contributed by atoms with van der Waals surface area (Å²) < 4.78 is 41.3. The van der Waals surface area contributed by atoms with E-state index in [-0.39, 0.29) is 4.90 Å². The molecule has 166 valence electrons. The van der Waals surface area contributed by atoms with E-state index in [0.29, 0.717) is 30.0 Å². The van der Waals surface area contributed by atoms with Crippen LogP contribution in [0, 0.1) is 0 Å². The minimum Gasteiger partial charge on any atom is -0.493 e. The number of anilines is 1. The lowest BCUT2D eigenvalue weighted by molar-refractivity contribution is 0.354. The second kappa shape index (κ2) is 8.92. The third kappa shape index (κ3) is 4.27. The molecule has 8 heteroatoms. The zero-order chi connectivity index (χ0) is 22.7. The first-order chi connectivity index (χ1) is 15.4. The van der Waals surface area contributed by atoms with Crippen molar-refractivity contribution < 1.29 is 17.9 Å². The lowest BCUT2D eigenvalue weighted by atomic mass is 10.1. The van der Waals surface area contributed by atoms with Gasteiger partial charge < -0.3 is 14.0 Å². The van der Waals surface area contributed by atoms with E-state index in [1.807, 2.05) is 49.5 Å². The Morgan fingerprint density at radius 1 is 0.906 bits per heavy atom. The van der Waals surface area contributed by atoms with E-state index in [2.05, 4.69) is 9.29 Å². The molecule has 0 saturated carbocycles. The molecule has 7 nitrogen and oxygen atoms in total. The van der Waals surface area contributed by atoms with Crippen LogP contribution >= 0.6 is 0 Å². The van der Waals surface area contributed by atoms with Gasteiger partial charge >= 0.3 is 0 Å². The maximum absolute atomic E-state index is 13.0. The zero-order valence-electron chi connectivity index (χ0n) is 18.2. The van der Waals surface area contributed by atoms with Gasteiger partial charge in [-0.25, -0.2) is 13.4 Å². The Morgan fingerprint density at radius 3 is 2.38 bits per heavy atom. The minimum atomic E-state index is -3.81. The van der Waals surface area contributed by atoms with Gasteiger partial charge in [0.15, 0.2) is 11.5 Å². The molecule has 0 aliphatic carbocycles. The molecule has 4 aromatic rings. The molecular formula is C24H25N3O4S. The van der Waals surface area contributed by atoms with Gasteiger partial charge in [-0.05, 0) is 42.3 Å². The molecule has 0 aliphatic rings. The number of sulfonamides is 1. The highest BCUT2D eigenvalue weighted by Gasteiger charge is 2.19. The van der Waals surface area contributed by atoms with Gasteiger partial charge in [0.2, 0.25) is 0 Å². The number of para-hydroxylation sites is 3. The molecule has 1 heterocycles. The van der Waals surface area contributed by atoms with Crippen LogP contribution in [-0.2, 0) is 29.9 Å². The number of hydrogen-bond donors (Lipinski definition) is 1. The topological polar surface area (TPSA) is 82.5 Å². The van der Waals surface area contributed by atoms with E-state index in [9.17, 15) is 8.42 Å². The molecule has 0 amide bonds. The molecule has 0 atom stereocenters. The Bertz CT molecular complexity index is 1360. The Kier molecular flexibility index (Phi) is 6.05. The van der Waals surface area contributed by atoms with Crippen molar-refractivity contribution >= 4 is 26.7 Å². The van der Waals surface area contributed by atoms with E-state index >= 15 is 0 Å². The van der Waals surface area contributed by atoms with Crippen LogP contribution in [0.15, 0.2) is 71.6 Å². The fraction of sp³-hybridized carbons (Fsp3) is 0.208. The highest BCUT2D eigenvalue weighted by atomic mass is 32.2. The van der Waals surface area contributed by atoms with E-state index in [0.717, 1.165) is 22.4 Å². The van der Waals surface area contributed by atoms with Crippen molar-refractivity contribution in [3.8, 4) is 11.5 Å². The van der Waals surface area contributed by atoms with Crippen molar-refractivity contribution in [2.24, 2.45) is 7.05 Å². The second-order valence-corrected chi connectivity index (χ2v) is 9.04. The van der Waals surface area contributed by atoms with Gasteiger partial charge in [0.25, 0.3) is 10.0 Å². The number of rotatable bonds is 8. The lowest BCUT2D eigenvalue weighted by Gasteiger charge is -2.14. The first-order valence-electron chi connectivity index (χ1n) is 10.2. The van der Waals surface area contributed by atoms with E-state index in [4.69, 9.17) is 14.5 Å². The van der Waals surface area contributed by atoms with Crippen LogP contribution < -0.4 is 14.2 Å². The number of aromatic nitrogens is 2. The molecule has 4 rings (SSSR count). The zero-order valence-corrected chi connectivity index (χ0v) is 19.0. The van der Waals surface area contributed by atoms with E-state index in [1.165, 1.54) is 26.4 Å². The predicted molar refractivity (Wildman–Crippen MR) is 125 cm³/mol. The maximum Gasteiger partial charge on any atom is 0.262 e. The maximum atomic E-state index is 13.0. The summed E-state index contributed by atoms with van der Waals surface area (Å²) in [5.41, 5.74) is 3.46. The number of hydrogen-bond acceptors (Lipinski definition) is 5. The van der Waals surface area contributed by atoms with Gasteiger partial charge in [-0.2, -0.15) is 0 Å². The van der Waals surface area contributed by atoms with Crippen molar-refractivity contribution in [1.29, 1.82) is 0 Å². The number of ether oxygens (including phenoxy) is 2. The Morgan fingerprint density at radius 2 is 1.62 bits per heavy atom. The van der Waals surface area contributed by atoms with Crippen molar-refractivity contribution in [3.63, 3.8) is 0 Å². The van der Waals surface area contributed by atoms with Crippen LogP contribution in [0.25, 0.3) is 11.0 Å². The minimum absolute atomic E-state index is 0.0975. The summed E-state index contributed by atoms with van der Waals surface area (Å²) in [6, 6.07) is 19.9. The van der Waals surface area contributed by atoms with Crippen molar-refractivity contribution in [2.75, 3.05) is 18.9 Å². The Labute approximate surface area is 187 Å². The van der Waals surface area contributed by atoms with Crippen molar-refractivity contribution in [1.82, 2.24) is 9.55 Å². The fourth-order valence-corrected chi connectivity index (χ4v) is 4.81. The summed E-state index contributed by atoms with van der Waals surface area (Å²) in [5.74, 6) is 1.77. The smallest absolute Gasteiger partial charge is 0.262 e. The molecule has 1 N–H and O–H groups in total. The number of aryl methyl sites for hydroxylation is 3. The molecule has 0 bridgehead atoms. The molecule has 0 saturated heterocycles. The number of methoxy groups -OCH3 is 2. The first kappa shape index (κ1) is 21.7. The van der Waals surface area contributed by atoms with Gasteiger partial charge in [-0.15, -0.1) is 0 Å². The summed E-state index contributed by atoms with van der Waals surface area (Å²) in [5, 5.41) is 0. The van der Waals surface area contributed by atoms with Crippen LogP contribution in [0.2, 0.25) is 0 Å². The summed E-state index contributed by atoms with van der Waals surface area (Å²) in [6.07, 6.45) is 1.32. The monoisotopic (exact) mass is 451 g/mol. The Balaban J connectivity index is 1.57. The molecule has 0 unspecified atom stereocenters. The number of fused-ring (bicyclic) bond motifs is 1. The number of imidazole rings is 1. The number of benzene rings is 3. The highest BCUT2D eigenvalue weighted by molar-refractivity contribution is 7.92. The first-order valence-corrected chi connectivity index (χ1v) is 11.6. The molecule has 0 spiro atoms. The lowest BCUT2D eigenvalue weighted by Crippen LogP contribution is -2.15. The molecule has 32 heavy (non-hydrogen) atoms. The fourth-order valence-electron chi connectivity index (χ4n) is 3.69. The third-order valence-electron chi connectivity index (χ3n) is 5.42. The molecule has 0 aliphatic heterocycles. The van der Waals surface area contributed by atoms with E-state index < -0.39 is 10.0 Å². The molecular weight excluding hydrogens is 426 g/mol. The van der Waals surface area contributed by atoms with Gasteiger partial charge in [-0.1, -0.05) is 30.3 Å². The summed E-state index contributed by atoms with van der Waals surface area (Å²) in [4.78, 5) is 4.81. The average molecular weight is 452 g/mol. The standard InChI is InChI=1S/C24H25N3O4S/c1-27-21-11-7-6-10-20(21)25-24(27)15-12-17-8-4-5-9-19(17)26-32(28,29)18-13-14-22(30-2)23(16-18)31-3/h4-11,13-14,16,26H,12,15H2,1-3H3. The quantitative estimate of drug-likeness (QED) is 0.435. The van der Waals surface area contributed by atoms with E-state index in [1.54, 1.807) is 12.1 Å². The van der Waals surface area contributed by atoms with Crippen LogP contribution in [0.5, 0.6) is 11.5 Å². The number of nitrogens with zero attached hydrogens (tertiary/aromatic N) is 2. The second-order valence-electron chi connectivity index (χ2n) is 7.36. The van der Waals surface area contributed by atoms with Gasteiger partial charge in [0.1, 0.15) is 5.82 Å². The van der Waals surface area contributed by atoms with Crippen LogP contribution in [0.3, 0.4) is 0 Å². The highest BCUT2D eigenvalue weighted by Crippen LogP contribution is 2.30. The van der Waals surface area contributed by atoms with Gasteiger partial charge in [0.05, 0.1) is 35.8 Å². The summed E-state index contributed by atoms with van der Waals surface area (Å²) in [6.45, 7) is 0. The van der Waals surface area contributed by atoms with Crippen LogP contribution in [0.4, 0.5) is 5.69 Å². The van der Waals surface area contributed by atoms with Crippen LogP contribution in [-0.4, -0.2) is 32.2 Å². The summed E-state index contributed by atoms with van der Waals surface area (Å²) >= 11 is 0. The molecule has 0 fully saturated rings. The van der Waals surface area contributed by atoms with Gasteiger partial charge in [-0.3, -0.25) is 4.72 Å².